The van der Waals surface area contributed by atoms with E-state index in [2.05, 4.69) is 10.6 Å². The molecule has 0 spiro atoms. The average Bonchev–Trinajstić information content (AvgIpc) is 2.86. The van der Waals surface area contributed by atoms with E-state index in [0.29, 0.717) is 0 Å². The molecule has 0 aromatic heterocycles. The van der Waals surface area contributed by atoms with Gasteiger partial charge in [0.25, 0.3) is 5.91 Å². The number of aryl methyl sites for hydroxylation is 2. The molecule has 4 nitrogen and oxygen atoms in total. The first-order valence-electron chi connectivity index (χ1n) is 6.24. The zero-order valence-electron chi connectivity index (χ0n) is 10.7. The van der Waals surface area contributed by atoms with E-state index in [4.69, 9.17) is 0 Å². The number of hydrogen-bond acceptors (Lipinski definition) is 3. The molecule has 0 radical (unpaired) electrons. The number of carbonyl (C=O) groups is 2. The molecule has 0 saturated carbocycles. The maximum absolute atomic E-state index is 11.9. The van der Waals surface area contributed by atoms with Gasteiger partial charge in [-0.1, -0.05) is 18.2 Å². The Bertz CT molecular complexity index is 456. The fraction of sp³-hybridized carbons (Fsp3) is 0.429. The summed E-state index contributed by atoms with van der Waals surface area (Å²) in [5.74, 6) is -0.887. The van der Waals surface area contributed by atoms with Crippen LogP contribution in [0.25, 0.3) is 0 Å². The molecule has 18 heavy (non-hydrogen) atoms. The minimum Gasteiger partial charge on any atom is -0.319 e. The van der Waals surface area contributed by atoms with Crippen molar-refractivity contribution >= 4 is 17.4 Å². The van der Waals surface area contributed by atoms with E-state index >= 15 is 0 Å². The van der Waals surface area contributed by atoms with Crippen LogP contribution in [0.4, 0.5) is 5.69 Å². The number of carbonyl (C=O) groups excluding carboxylic acids is 2. The minimum absolute atomic E-state index is 0.311. The molecule has 1 aliphatic heterocycles. The highest BCUT2D eigenvalue weighted by Crippen LogP contribution is 2.19. The second-order valence-corrected chi connectivity index (χ2v) is 4.73. The largest absolute Gasteiger partial charge is 0.319 e. The van der Waals surface area contributed by atoms with Crippen molar-refractivity contribution in [3.63, 3.8) is 0 Å². The van der Waals surface area contributed by atoms with Gasteiger partial charge in [0.05, 0.1) is 6.04 Å². The van der Waals surface area contributed by atoms with Crippen LogP contribution in [0.3, 0.4) is 0 Å². The Morgan fingerprint density at radius 2 is 1.94 bits per heavy atom. The molecule has 1 atom stereocenters. The van der Waals surface area contributed by atoms with E-state index in [1.807, 2.05) is 32.0 Å². The second-order valence-electron chi connectivity index (χ2n) is 4.73. The molecule has 1 amide bonds. The average molecular weight is 246 g/mol. The summed E-state index contributed by atoms with van der Waals surface area (Å²) in [5, 5.41) is 5.77. The van der Waals surface area contributed by atoms with Crippen molar-refractivity contribution in [3.05, 3.63) is 29.3 Å². The van der Waals surface area contributed by atoms with Crippen LogP contribution < -0.4 is 10.6 Å². The summed E-state index contributed by atoms with van der Waals surface area (Å²) >= 11 is 0. The molecular formula is C14H18N2O2. The number of ketones is 1. The zero-order valence-corrected chi connectivity index (χ0v) is 10.7. The maximum Gasteiger partial charge on any atom is 0.293 e. The normalized spacial score (nSPS) is 18.7. The summed E-state index contributed by atoms with van der Waals surface area (Å²) < 4.78 is 0. The van der Waals surface area contributed by atoms with E-state index in [-0.39, 0.29) is 11.8 Å². The summed E-state index contributed by atoms with van der Waals surface area (Å²) in [4.78, 5) is 23.8. The molecule has 96 valence electrons. The first-order valence-corrected chi connectivity index (χ1v) is 6.24. The van der Waals surface area contributed by atoms with Crippen LogP contribution in [-0.2, 0) is 9.59 Å². The van der Waals surface area contributed by atoms with Crippen LogP contribution in [0, 0.1) is 13.8 Å². The van der Waals surface area contributed by atoms with Gasteiger partial charge in [0.2, 0.25) is 5.78 Å². The fourth-order valence-electron chi connectivity index (χ4n) is 2.25. The van der Waals surface area contributed by atoms with Crippen LogP contribution >= 0.6 is 0 Å². The highest BCUT2D eigenvalue weighted by Gasteiger charge is 2.28. The van der Waals surface area contributed by atoms with Crippen molar-refractivity contribution in [2.45, 2.75) is 32.7 Å². The molecule has 2 rings (SSSR count). The third-order valence-corrected chi connectivity index (χ3v) is 3.32. The van der Waals surface area contributed by atoms with Crippen LogP contribution in [0.1, 0.15) is 24.0 Å². The van der Waals surface area contributed by atoms with Gasteiger partial charge in [0, 0.05) is 5.69 Å². The molecule has 4 heteroatoms. The van der Waals surface area contributed by atoms with Crippen molar-refractivity contribution in [2.24, 2.45) is 0 Å². The summed E-state index contributed by atoms with van der Waals surface area (Å²) in [6.45, 7) is 4.65. The number of benzene rings is 1. The molecule has 1 aromatic rings. The number of nitrogens with one attached hydrogen (secondary N) is 2. The van der Waals surface area contributed by atoms with Crippen molar-refractivity contribution in [1.29, 1.82) is 0 Å². The van der Waals surface area contributed by atoms with E-state index in [1.54, 1.807) is 0 Å². The van der Waals surface area contributed by atoms with E-state index in [0.717, 1.165) is 36.2 Å². The topological polar surface area (TPSA) is 58.2 Å². The Morgan fingerprint density at radius 1 is 1.28 bits per heavy atom. The number of amides is 1. The van der Waals surface area contributed by atoms with Crippen molar-refractivity contribution in [2.75, 3.05) is 11.9 Å². The van der Waals surface area contributed by atoms with Gasteiger partial charge in [0.1, 0.15) is 0 Å². The smallest absolute Gasteiger partial charge is 0.293 e. The van der Waals surface area contributed by atoms with Gasteiger partial charge in [-0.05, 0) is 44.4 Å². The second kappa shape index (κ2) is 5.31. The molecule has 1 saturated heterocycles. The molecule has 1 aromatic carbocycles. The lowest BCUT2D eigenvalue weighted by Crippen LogP contribution is -2.39. The van der Waals surface area contributed by atoms with Crippen LogP contribution in [0.5, 0.6) is 0 Å². The van der Waals surface area contributed by atoms with Crippen molar-refractivity contribution < 1.29 is 9.59 Å². The third kappa shape index (κ3) is 2.59. The highest BCUT2D eigenvalue weighted by atomic mass is 16.2. The maximum atomic E-state index is 11.9. The molecular weight excluding hydrogens is 228 g/mol. The van der Waals surface area contributed by atoms with Gasteiger partial charge in [0.15, 0.2) is 0 Å². The van der Waals surface area contributed by atoms with Crippen molar-refractivity contribution in [3.8, 4) is 0 Å². The molecule has 1 aliphatic rings. The molecule has 2 N–H and O–H groups in total. The highest BCUT2D eigenvalue weighted by molar-refractivity contribution is 6.42. The lowest BCUT2D eigenvalue weighted by atomic mass is 10.1. The van der Waals surface area contributed by atoms with Gasteiger partial charge in [-0.3, -0.25) is 9.59 Å². The van der Waals surface area contributed by atoms with Gasteiger partial charge in [-0.2, -0.15) is 0 Å². The Labute approximate surface area is 107 Å². The summed E-state index contributed by atoms with van der Waals surface area (Å²) in [6.07, 6.45) is 1.70. The van der Waals surface area contributed by atoms with Gasteiger partial charge >= 0.3 is 0 Å². The van der Waals surface area contributed by atoms with E-state index in [9.17, 15) is 9.59 Å². The zero-order chi connectivity index (χ0) is 13.1. The van der Waals surface area contributed by atoms with Gasteiger partial charge < -0.3 is 10.6 Å². The third-order valence-electron chi connectivity index (χ3n) is 3.32. The van der Waals surface area contributed by atoms with E-state index in [1.165, 1.54) is 0 Å². The predicted octanol–water partition coefficient (Wildman–Crippen LogP) is 1.56. The minimum atomic E-state index is -0.521. The Morgan fingerprint density at radius 3 is 2.50 bits per heavy atom. The summed E-state index contributed by atoms with van der Waals surface area (Å²) in [5.41, 5.74) is 2.68. The monoisotopic (exact) mass is 246 g/mol. The Kier molecular flexibility index (Phi) is 3.77. The first kappa shape index (κ1) is 12.8. The predicted molar refractivity (Wildman–Crippen MR) is 70.6 cm³/mol. The van der Waals surface area contributed by atoms with Crippen LogP contribution in [0.15, 0.2) is 18.2 Å². The molecule has 1 unspecified atom stereocenters. The van der Waals surface area contributed by atoms with Crippen LogP contribution in [-0.4, -0.2) is 24.3 Å². The molecule has 1 heterocycles. The standard InChI is InChI=1S/C14H18N2O2/c1-9-5-3-6-10(2)12(9)16-14(18)13(17)11-7-4-8-15-11/h3,5-6,11,15H,4,7-8H2,1-2H3,(H,16,18). The summed E-state index contributed by atoms with van der Waals surface area (Å²) in [7, 11) is 0. The number of hydrogen-bond donors (Lipinski definition) is 2. The summed E-state index contributed by atoms with van der Waals surface area (Å²) in [6, 6.07) is 5.46. The first-order chi connectivity index (χ1) is 8.59. The van der Waals surface area contributed by atoms with Crippen molar-refractivity contribution in [1.82, 2.24) is 5.32 Å². The fourth-order valence-corrected chi connectivity index (χ4v) is 2.25. The lowest BCUT2D eigenvalue weighted by Gasteiger charge is -2.13. The Hall–Kier alpha value is -1.68. The Balaban J connectivity index is 2.09. The number of para-hydroxylation sites is 1. The molecule has 0 aliphatic carbocycles. The number of anilines is 1. The SMILES string of the molecule is Cc1cccc(C)c1NC(=O)C(=O)C1CCCN1. The number of Topliss-reactive ketones (excluding diaryl/α,β-unsaturated/α-hetero) is 1. The van der Waals surface area contributed by atoms with E-state index < -0.39 is 5.91 Å². The molecule has 0 bridgehead atoms. The number of rotatable bonds is 3. The lowest BCUT2D eigenvalue weighted by molar-refractivity contribution is -0.135. The quantitative estimate of drug-likeness (QED) is 0.796. The van der Waals surface area contributed by atoms with Gasteiger partial charge in [-0.15, -0.1) is 0 Å². The van der Waals surface area contributed by atoms with Crippen LogP contribution in [0.2, 0.25) is 0 Å². The molecule has 1 fully saturated rings. The van der Waals surface area contributed by atoms with Gasteiger partial charge in [-0.25, -0.2) is 0 Å².